The van der Waals surface area contributed by atoms with Crippen LogP contribution in [-0.2, 0) is 16.0 Å². The predicted octanol–water partition coefficient (Wildman–Crippen LogP) is 3.77. The predicted molar refractivity (Wildman–Crippen MR) is 100 cm³/mol. The first-order valence-electron chi connectivity index (χ1n) is 7.44. The molecule has 7 heteroatoms. The van der Waals surface area contributed by atoms with Crippen molar-refractivity contribution in [3.05, 3.63) is 62.5 Å². The van der Waals surface area contributed by atoms with Crippen molar-refractivity contribution in [2.75, 3.05) is 0 Å². The second-order valence-corrected chi connectivity index (χ2v) is 7.21. The van der Waals surface area contributed by atoms with E-state index in [1.165, 1.54) is 12.1 Å². The largest absolute Gasteiger partial charge is 0.507 e. The van der Waals surface area contributed by atoms with Gasteiger partial charge >= 0.3 is 0 Å². The lowest BCUT2D eigenvalue weighted by Gasteiger charge is -2.06. The second-order valence-electron chi connectivity index (χ2n) is 5.38. The third-order valence-electron chi connectivity index (χ3n) is 3.40. The molecule has 0 saturated heterocycles. The van der Waals surface area contributed by atoms with E-state index < -0.39 is 11.8 Å². The van der Waals surface area contributed by atoms with Crippen LogP contribution in [0.25, 0.3) is 0 Å². The van der Waals surface area contributed by atoms with Gasteiger partial charge < -0.3 is 5.11 Å². The zero-order chi connectivity index (χ0) is 18.4. The summed E-state index contributed by atoms with van der Waals surface area (Å²) in [5.41, 5.74) is 0.854. The number of rotatable bonds is 6. The Morgan fingerprint density at radius 3 is 2.24 bits per heavy atom. The Balaban J connectivity index is 1.83. The topological polar surface area (TPSA) is 83.5 Å². The van der Waals surface area contributed by atoms with Crippen LogP contribution in [0.5, 0.6) is 5.75 Å². The van der Waals surface area contributed by atoms with Gasteiger partial charge in [-0.05, 0) is 35.9 Å². The number of carbonyl (C=O) groups is 3. The van der Waals surface area contributed by atoms with Crippen molar-refractivity contribution in [2.45, 2.75) is 19.3 Å². The van der Waals surface area contributed by atoms with E-state index in [1.807, 2.05) is 24.3 Å². The molecule has 25 heavy (non-hydrogen) atoms. The molecular formula is C18H15Br2NO4. The van der Waals surface area contributed by atoms with Crippen LogP contribution in [0, 0.1) is 0 Å². The summed E-state index contributed by atoms with van der Waals surface area (Å²) in [6, 6.07) is 11.7. The van der Waals surface area contributed by atoms with Gasteiger partial charge in [0.15, 0.2) is 0 Å². The van der Waals surface area contributed by atoms with E-state index in [0.29, 0.717) is 4.47 Å². The highest BCUT2D eigenvalue weighted by Crippen LogP contribution is 2.21. The fourth-order valence-electron chi connectivity index (χ4n) is 2.12. The molecule has 0 aliphatic heterocycles. The molecule has 0 aliphatic carbocycles. The average Bonchev–Trinajstić information content (AvgIpc) is 2.57. The van der Waals surface area contributed by atoms with Gasteiger partial charge in [-0.1, -0.05) is 44.0 Å². The molecule has 0 aromatic heterocycles. The van der Waals surface area contributed by atoms with Crippen molar-refractivity contribution in [3.63, 3.8) is 0 Å². The molecule has 0 spiro atoms. The number of benzene rings is 2. The third kappa shape index (κ3) is 6.10. The van der Waals surface area contributed by atoms with Crippen molar-refractivity contribution in [1.29, 1.82) is 0 Å². The Labute approximate surface area is 161 Å². The maximum Gasteiger partial charge on any atom is 0.261 e. The van der Waals surface area contributed by atoms with Crippen molar-refractivity contribution < 1.29 is 19.5 Å². The Kier molecular flexibility index (Phi) is 6.90. The van der Waals surface area contributed by atoms with Crippen LogP contribution in [-0.4, -0.2) is 22.7 Å². The molecule has 0 unspecified atom stereocenters. The first-order valence-corrected chi connectivity index (χ1v) is 9.02. The fourth-order valence-corrected chi connectivity index (χ4v) is 2.74. The molecule has 0 atom stereocenters. The molecule has 0 fully saturated rings. The lowest BCUT2D eigenvalue weighted by molar-refractivity contribution is -0.124. The zero-order valence-corrected chi connectivity index (χ0v) is 16.3. The molecule has 0 heterocycles. The number of halogens is 2. The summed E-state index contributed by atoms with van der Waals surface area (Å²) in [7, 11) is 0. The van der Waals surface area contributed by atoms with Gasteiger partial charge in [0, 0.05) is 28.2 Å². The van der Waals surface area contributed by atoms with E-state index in [2.05, 4.69) is 37.2 Å². The number of hydrogen-bond acceptors (Lipinski definition) is 4. The van der Waals surface area contributed by atoms with Crippen LogP contribution < -0.4 is 5.32 Å². The molecule has 2 aromatic carbocycles. The van der Waals surface area contributed by atoms with E-state index in [1.54, 1.807) is 6.07 Å². The molecule has 0 saturated carbocycles. The van der Waals surface area contributed by atoms with Gasteiger partial charge in [0.25, 0.3) is 5.91 Å². The molecule has 2 rings (SSSR count). The molecule has 130 valence electrons. The van der Waals surface area contributed by atoms with Crippen molar-refractivity contribution in [1.82, 2.24) is 5.32 Å². The monoisotopic (exact) mass is 467 g/mol. The fraction of sp³-hybridized carbons (Fsp3) is 0.167. The minimum Gasteiger partial charge on any atom is -0.507 e. The molecule has 2 aromatic rings. The summed E-state index contributed by atoms with van der Waals surface area (Å²) in [4.78, 5) is 35.8. The Hall–Kier alpha value is -1.99. The molecule has 0 radical (unpaired) electrons. The van der Waals surface area contributed by atoms with Gasteiger partial charge in [0.1, 0.15) is 11.5 Å². The number of carbonyl (C=O) groups excluding carboxylic acids is 3. The quantitative estimate of drug-likeness (QED) is 0.675. The summed E-state index contributed by atoms with van der Waals surface area (Å²) in [6.07, 6.45) is 0.191. The summed E-state index contributed by atoms with van der Waals surface area (Å²) < 4.78 is 1.53. The van der Waals surface area contributed by atoms with Crippen molar-refractivity contribution >= 4 is 49.5 Å². The van der Waals surface area contributed by atoms with Gasteiger partial charge in [-0.2, -0.15) is 0 Å². The molecular weight excluding hydrogens is 454 g/mol. The van der Waals surface area contributed by atoms with Crippen LogP contribution in [0.15, 0.2) is 51.4 Å². The van der Waals surface area contributed by atoms with Gasteiger partial charge in [0.05, 0.1) is 5.56 Å². The van der Waals surface area contributed by atoms with Crippen molar-refractivity contribution in [2.24, 2.45) is 0 Å². The number of aromatic hydroxyl groups is 1. The molecule has 0 bridgehead atoms. The molecule has 2 N–H and O–H groups in total. The van der Waals surface area contributed by atoms with Gasteiger partial charge in [0.2, 0.25) is 5.91 Å². The number of nitrogens with one attached hydrogen (secondary N) is 1. The summed E-state index contributed by atoms with van der Waals surface area (Å²) in [5.74, 6) is -1.58. The van der Waals surface area contributed by atoms with E-state index in [0.717, 1.165) is 10.0 Å². The number of amides is 2. The second kappa shape index (κ2) is 8.92. The van der Waals surface area contributed by atoms with E-state index in [4.69, 9.17) is 0 Å². The normalized spacial score (nSPS) is 10.3. The maximum atomic E-state index is 12.0. The highest BCUT2D eigenvalue weighted by atomic mass is 79.9. The lowest BCUT2D eigenvalue weighted by atomic mass is 10.1. The van der Waals surface area contributed by atoms with Crippen LogP contribution in [0.4, 0.5) is 0 Å². The molecule has 2 amide bonds. The Morgan fingerprint density at radius 1 is 0.920 bits per heavy atom. The van der Waals surface area contributed by atoms with E-state index in [-0.39, 0.29) is 36.4 Å². The maximum absolute atomic E-state index is 12.0. The highest BCUT2D eigenvalue weighted by molar-refractivity contribution is 9.10. The van der Waals surface area contributed by atoms with E-state index in [9.17, 15) is 19.5 Å². The number of imide groups is 1. The first kappa shape index (κ1) is 19.3. The van der Waals surface area contributed by atoms with Gasteiger partial charge in [-0.25, -0.2) is 0 Å². The van der Waals surface area contributed by atoms with Crippen LogP contribution in [0.1, 0.15) is 28.8 Å². The van der Waals surface area contributed by atoms with E-state index >= 15 is 0 Å². The van der Waals surface area contributed by atoms with Crippen LogP contribution in [0.2, 0.25) is 0 Å². The number of ketones is 1. The lowest BCUT2D eigenvalue weighted by Crippen LogP contribution is -2.30. The Bertz CT molecular complexity index is 803. The van der Waals surface area contributed by atoms with Gasteiger partial charge in [-0.3, -0.25) is 19.7 Å². The SMILES string of the molecule is O=C(CCC(=O)NC(=O)c1cc(Br)ccc1O)Cc1ccc(Br)cc1. The van der Waals surface area contributed by atoms with Gasteiger partial charge in [-0.15, -0.1) is 0 Å². The Morgan fingerprint density at radius 2 is 1.56 bits per heavy atom. The van der Waals surface area contributed by atoms with Crippen molar-refractivity contribution in [3.8, 4) is 5.75 Å². The smallest absolute Gasteiger partial charge is 0.261 e. The summed E-state index contributed by atoms with van der Waals surface area (Å²) in [5, 5.41) is 11.8. The molecule has 5 nitrogen and oxygen atoms in total. The van der Waals surface area contributed by atoms with Crippen LogP contribution >= 0.6 is 31.9 Å². The van der Waals surface area contributed by atoms with Crippen LogP contribution in [0.3, 0.4) is 0 Å². The number of Topliss-reactive ketones (excluding diaryl/α,β-unsaturated/α-hetero) is 1. The third-order valence-corrected chi connectivity index (χ3v) is 4.42. The number of hydrogen-bond donors (Lipinski definition) is 2. The summed E-state index contributed by atoms with van der Waals surface area (Å²) >= 11 is 6.52. The number of phenols is 1. The minimum absolute atomic E-state index is 0.0103. The highest BCUT2D eigenvalue weighted by Gasteiger charge is 2.15. The minimum atomic E-state index is -0.704. The first-order chi connectivity index (χ1) is 11.8. The number of phenolic OH excluding ortho intramolecular Hbond substituents is 1. The average molecular weight is 469 g/mol. The zero-order valence-electron chi connectivity index (χ0n) is 13.1. The summed E-state index contributed by atoms with van der Waals surface area (Å²) in [6.45, 7) is 0. The molecule has 0 aliphatic rings. The standard InChI is InChI=1S/C18H15Br2NO4/c19-12-3-1-11(2-4-12)9-14(22)6-8-17(24)21-18(25)15-10-13(20)5-7-16(15)23/h1-5,7,10,23H,6,8-9H2,(H,21,24,25).